The third-order valence-corrected chi connectivity index (χ3v) is 4.52. The van der Waals surface area contributed by atoms with Crippen molar-refractivity contribution in [2.75, 3.05) is 11.5 Å². The fraction of sp³-hybridized carbons (Fsp3) is 0.667. The van der Waals surface area contributed by atoms with Crippen LogP contribution in [0.1, 0.15) is 6.42 Å². The van der Waals surface area contributed by atoms with Crippen LogP contribution in [0.3, 0.4) is 0 Å². The minimum absolute atomic E-state index is 0.512. The zero-order chi connectivity index (χ0) is 5.45. The molecule has 1 fully saturated rings. The van der Waals surface area contributed by atoms with Crippen LogP contribution in [0, 0.1) is 0 Å². The van der Waals surface area contributed by atoms with Crippen molar-refractivity contribution in [1.29, 1.82) is 0 Å². The quantitative estimate of drug-likeness (QED) is 0.478. The maximum atomic E-state index is 2.31. The number of hydrogen-bond acceptors (Lipinski definition) is 2. The van der Waals surface area contributed by atoms with E-state index in [0.29, 0.717) is 4.08 Å². The van der Waals surface area contributed by atoms with Gasteiger partial charge in [-0.1, -0.05) is 12.2 Å². The summed E-state index contributed by atoms with van der Waals surface area (Å²) in [6.07, 6.45) is 6.02. The molecule has 0 aromatic heterocycles. The SMILES string of the molecule is C1=CC12SCCCS2. The molecule has 0 amide bonds. The molecule has 0 atom stereocenters. The van der Waals surface area contributed by atoms with Gasteiger partial charge in [-0.25, -0.2) is 0 Å². The summed E-state index contributed by atoms with van der Waals surface area (Å²) in [5.74, 6) is 2.72. The molecule has 0 radical (unpaired) electrons. The minimum Gasteiger partial charge on any atom is -0.136 e. The van der Waals surface area contributed by atoms with E-state index in [1.54, 1.807) is 0 Å². The molecule has 0 unspecified atom stereocenters. The lowest BCUT2D eigenvalue weighted by Gasteiger charge is -2.19. The average molecular weight is 144 g/mol. The summed E-state index contributed by atoms with van der Waals surface area (Å²) >= 11 is 4.17. The van der Waals surface area contributed by atoms with E-state index < -0.39 is 0 Å². The van der Waals surface area contributed by atoms with Crippen molar-refractivity contribution in [3.63, 3.8) is 0 Å². The van der Waals surface area contributed by atoms with Crippen LogP contribution in [0.2, 0.25) is 0 Å². The van der Waals surface area contributed by atoms with Gasteiger partial charge in [-0.05, 0) is 17.9 Å². The molecule has 0 nitrogen and oxygen atoms in total. The monoisotopic (exact) mass is 144 g/mol. The molecule has 0 saturated carbocycles. The Morgan fingerprint density at radius 2 is 1.75 bits per heavy atom. The number of hydrogen-bond donors (Lipinski definition) is 0. The Morgan fingerprint density at radius 1 is 1.12 bits per heavy atom. The molecule has 0 aromatic carbocycles. The molecule has 2 rings (SSSR count). The van der Waals surface area contributed by atoms with Crippen molar-refractivity contribution >= 4 is 23.5 Å². The van der Waals surface area contributed by atoms with Gasteiger partial charge in [0.25, 0.3) is 0 Å². The second-order valence-corrected chi connectivity index (χ2v) is 5.11. The molecule has 1 aliphatic carbocycles. The Hall–Kier alpha value is 0.440. The third-order valence-electron chi connectivity index (χ3n) is 1.38. The summed E-state index contributed by atoms with van der Waals surface area (Å²) in [5.41, 5.74) is 0. The molecule has 0 N–H and O–H groups in total. The van der Waals surface area contributed by atoms with Crippen molar-refractivity contribution in [1.82, 2.24) is 0 Å². The fourth-order valence-electron chi connectivity index (χ4n) is 0.824. The van der Waals surface area contributed by atoms with Gasteiger partial charge in [0, 0.05) is 0 Å². The van der Waals surface area contributed by atoms with Crippen LogP contribution >= 0.6 is 23.5 Å². The fourth-order valence-corrected chi connectivity index (χ4v) is 3.58. The first kappa shape index (κ1) is 5.24. The van der Waals surface area contributed by atoms with E-state index in [9.17, 15) is 0 Å². The van der Waals surface area contributed by atoms with E-state index in [2.05, 4.69) is 35.7 Å². The maximum absolute atomic E-state index is 2.31. The van der Waals surface area contributed by atoms with E-state index in [1.807, 2.05) is 0 Å². The van der Waals surface area contributed by atoms with Gasteiger partial charge >= 0.3 is 0 Å². The van der Waals surface area contributed by atoms with E-state index in [4.69, 9.17) is 0 Å². The molecule has 2 aliphatic rings. The lowest BCUT2D eigenvalue weighted by Crippen LogP contribution is -2.07. The van der Waals surface area contributed by atoms with E-state index in [1.165, 1.54) is 17.9 Å². The Morgan fingerprint density at radius 3 is 2.12 bits per heavy atom. The summed E-state index contributed by atoms with van der Waals surface area (Å²) in [7, 11) is 0. The first-order chi connectivity index (χ1) is 3.91. The first-order valence-corrected chi connectivity index (χ1v) is 4.87. The molecule has 0 aromatic rings. The second-order valence-electron chi connectivity index (χ2n) is 2.11. The van der Waals surface area contributed by atoms with Crippen LogP contribution in [0.15, 0.2) is 12.2 Å². The highest BCUT2D eigenvalue weighted by Gasteiger charge is 2.36. The van der Waals surface area contributed by atoms with Crippen molar-refractivity contribution < 1.29 is 0 Å². The second kappa shape index (κ2) is 1.71. The molecule has 8 heavy (non-hydrogen) atoms. The zero-order valence-electron chi connectivity index (χ0n) is 4.59. The smallest absolute Gasteiger partial charge is 0.0975 e. The lowest BCUT2D eigenvalue weighted by molar-refractivity contribution is 1.10. The van der Waals surface area contributed by atoms with Gasteiger partial charge in [0.1, 0.15) is 0 Å². The highest BCUT2D eigenvalue weighted by atomic mass is 32.2. The van der Waals surface area contributed by atoms with Crippen LogP contribution in [0.25, 0.3) is 0 Å². The van der Waals surface area contributed by atoms with Gasteiger partial charge < -0.3 is 0 Å². The molecule has 1 heterocycles. The van der Waals surface area contributed by atoms with Crippen molar-refractivity contribution in [2.24, 2.45) is 0 Å². The van der Waals surface area contributed by atoms with E-state index >= 15 is 0 Å². The van der Waals surface area contributed by atoms with Gasteiger partial charge in [-0.2, -0.15) is 0 Å². The normalized spacial score (nSPS) is 31.0. The Balaban J connectivity index is 1.96. The summed E-state index contributed by atoms with van der Waals surface area (Å²) in [6, 6.07) is 0. The summed E-state index contributed by atoms with van der Waals surface area (Å²) in [6.45, 7) is 0. The Kier molecular flexibility index (Phi) is 1.12. The summed E-state index contributed by atoms with van der Waals surface area (Å²) < 4.78 is 0.512. The van der Waals surface area contributed by atoms with Gasteiger partial charge in [0.2, 0.25) is 0 Å². The lowest BCUT2D eigenvalue weighted by atomic mass is 10.6. The molecule has 0 bridgehead atoms. The van der Waals surface area contributed by atoms with Gasteiger partial charge in [-0.3, -0.25) is 0 Å². The van der Waals surface area contributed by atoms with Gasteiger partial charge in [0.15, 0.2) is 0 Å². The van der Waals surface area contributed by atoms with Crippen molar-refractivity contribution in [3.05, 3.63) is 12.2 Å². The molecule has 44 valence electrons. The largest absolute Gasteiger partial charge is 0.136 e. The highest BCUT2D eigenvalue weighted by molar-refractivity contribution is 8.19. The average Bonchev–Trinajstić information content (AvgIpc) is 2.52. The molecule has 1 spiro atoms. The van der Waals surface area contributed by atoms with E-state index in [0.717, 1.165) is 0 Å². The first-order valence-electron chi connectivity index (χ1n) is 2.90. The number of thioether (sulfide) groups is 2. The molecular weight excluding hydrogens is 136 g/mol. The van der Waals surface area contributed by atoms with Crippen LogP contribution in [-0.4, -0.2) is 15.6 Å². The molecular formula is C6H8S2. The number of rotatable bonds is 0. The highest BCUT2D eigenvalue weighted by Crippen LogP contribution is 2.52. The molecule has 1 aliphatic heterocycles. The van der Waals surface area contributed by atoms with Gasteiger partial charge in [-0.15, -0.1) is 23.5 Å². The van der Waals surface area contributed by atoms with Crippen LogP contribution in [0.4, 0.5) is 0 Å². The van der Waals surface area contributed by atoms with Crippen molar-refractivity contribution in [3.8, 4) is 0 Å². The van der Waals surface area contributed by atoms with Crippen LogP contribution < -0.4 is 0 Å². The molecule has 2 heteroatoms. The topological polar surface area (TPSA) is 0 Å². The van der Waals surface area contributed by atoms with Crippen LogP contribution in [0.5, 0.6) is 0 Å². The van der Waals surface area contributed by atoms with Gasteiger partial charge in [0.05, 0.1) is 4.08 Å². The predicted octanol–water partition coefficient (Wildman–Crippen LogP) is 2.12. The Bertz CT molecular complexity index is 114. The standard InChI is InChI=1S/C6H8S2/c1-4-7-6(2-3-6)8-5-1/h2-3H,1,4-5H2. The maximum Gasteiger partial charge on any atom is 0.0975 e. The Labute approximate surface area is 58.1 Å². The molecule has 1 saturated heterocycles. The minimum atomic E-state index is 0.512. The van der Waals surface area contributed by atoms with Crippen LogP contribution in [-0.2, 0) is 0 Å². The van der Waals surface area contributed by atoms with Crippen molar-refractivity contribution in [2.45, 2.75) is 10.5 Å². The summed E-state index contributed by atoms with van der Waals surface area (Å²) in [4.78, 5) is 0. The third kappa shape index (κ3) is 0.799. The summed E-state index contributed by atoms with van der Waals surface area (Å²) in [5, 5.41) is 0. The predicted molar refractivity (Wildman–Crippen MR) is 41.4 cm³/mol. The van der Waals surface area contributed by atoms with E-state index in [-0.39, 0.29) is 0 Å². The zero-order valence-corrected chi connectivity index (χ0v) is 6.23.